The Hall–Kier alpha value is -3.50. The lowest BCUT2D eigenvalue weighted by molar-refractivity contribution is -0.264. The van der Waals surface area contributed by atoms with Crippen molar-refractivity contribution in [3.8, 4) is 0 Å². The van der Waals surface area contributed by atoms with Gasteiger partial charge in [-0.1, -0.05) is 76.6 Å². The Balaban J connectivity index is 1.74. The number of carbonyl (C=O) groups is 5. The number of amides is 1. The number of nitrogens with zero attached hydrogens (tertiary/aromatic N) is 1. The van der Waals surface area contributed by atoms with E-state index in [2.05, 4.69) is 4.72 Å². The molecule has 1 aliphatic carbocycles. The average molecular weight is 1070 g/mol. The van der Waals surface area contributed by atoms with Crippen LogP contribution in [0, 0.1) is 35.5 Å². The zero-order valence-electron chi connectivity index (χ0n) is 45.6. The van der Waals surface area contributed by atoms with Gasteiger partial charge in [-0.25, -0.2) is 17.9 Å². The highest BCUT2D eigenvalue weighted by molar-refractivity contribution is 7.89. The number of esters is 1. The van der Waals surface area contributed by atoms with Crippen LogP contribution in [0.15, 0.2) is 47.6 Å². The fourth-order valence-corrected chi connectivity index (χ4v) is 11.9. The summed E-state index contributed by atoms with van der Waals surface area (Å²) in [4.78, 5) is 72.5. The Labute approximate surface area is 440 Å². The van der Waals surface area contributed by atoms with Crippen LogP contribution in [0.1, 0.15) is 126 Å². The zero-order chi connectivity index (χ0) is 54.9. The van der Waals surface area contributed by atoms with Gasteiger partial charge in [0.15, 0.2) is 5.78 Å². The van der Waals surface area contributed by atoms with Crippen LogP contribution in [-0.4, -0.2) is 166 Å². The molecule has 74 heavy (non-hydrogen) atoms. The second-order valence-corrected chi connectivity index (χ2v) is 23.3. The van der Waals surface area contributed by atoms with E-state index in [9.17, 15) is 47.7 Å². The number of hydrogen-bond acceptors (Lipinski definition) is 16. The molecule has 4 N–H and O–H groups in total. The molecule has 420 valence electrons. The van der Waals surface area contributed by atoms with E-state index < -0.39 is 93.8 Å². The highest BCUT2D eigenvalue weighted by Gasteiger charge is 2.53. The van der Waals surface area contributed by atoms with E-state index >= 15 is 0 Å². The first-order valence-corrected chi connectivity index (χ1v) is 28.3. The monoisotopic (exact) mass is 1060 g/mol. The summed E-state index contributed by atoms with van der Waals surface area (Å²) in [6.07, 6.45) is 9.37. The maximum Gasteiger partial charge on any atom is 0.329 e. The summed E-state index contributed by atoms with van der Waals surface area (Å²) in [6.45, 7) is 12.7. The largest absolute Gasteiger partial charge is 0.460 e. The number of allylic oxidation sites excluding steroid dienone is 6. The quantitative estimate of drug-likeness (QED) is 0.0809. The van der Waals surface area contributed by atoms with Gasteiger partial charge >= 0.3 is 5.97 Å². The van der Waals surface area contributed by atoms with E-state index in [1.807, 2.05) is 26.0 Å². The van der Waals surface area contributed by atoms with Gasteiger partial charge in [-0.3, -0.25) is 19.2 Å². The number of hydrogen-bond donors (Lipinski definition) is 4. The first kappa shape index (κ1) is 63.0. The number of ketones is 3. The second-order valence-electron chi connectivity index (χ2n) is 21.5. The average Bonchev–Trinajstić information content (AvgIpc) is 3.36. The third-order valence-corrected chi connectivity index (χ3v) is 16.9. The molecule has 2 saturated heterocycles. The minimum Gasteiger partial charge on any atom is -0.460 e. The molecule has 18 nitrogen and oxygen atoms in total. The minimum atomic E-state index is -3.95. The second kappa shape index (κ2) is 29.9. The maximum absolute atomic E-state index is 14.5. The lowest BCUT2D eigenvalue weighted by atomic mass is 9.78. The number of piperidine rings is 1. The Bertz CT molecular complexity index is 2110. The highest BCUT2D eigenvalue weighted by atomic mass is 32.2. The fourth-order valence-electron chi connectivity index (χ4n) is 10.7. The first-order valence-electron chi connectivity index (χ1n) is 26.7. The molecule has 15 atom stereocenters. The number of methoxy groups -OCH3 is 3. The van der Waals surface area contributed by atoms with Crippen LogP contribution in [0.4, 0.5) is 0 Å². The standard InChI is InChI=1S/C55H88N2O16S/c1-34-16-12-11-13-17-35(2)43(56-74(66,67)27-26-71-25-24-68-8)32-42-21-19-40(7)55(65,73-42)52(62)53(63)57-23-15-14-18-44(57)54(64)72-47(37(4)30-41-20-22-45(58)48(31-41)69-9)33-46(59)36(3)29-39(6)50(61)51(70-10)49(60)38(5)28-34/h11-13,16-17,29,34,36-38,40-45,47-48,50-51,56,58,61,65H,14-15,18-28,30-33H2,1-10H3/b13-11+,16-12+,35-17+,39-29+/t34-,36-,37-,38-,40-,41+,42+,43+,44+,45-,47+,48-,50-,51?,55-/m1/s1. The molecule has 4 aliphatic rings. The van der Waals surface area contributed by atoms with Crippen LogP contribution in [0.25, 0.3) is 0 Å². The van der Waals surface area contributed by atoms with Gasteiger partial charge in [-0.05, 0) is 108 Å². The van der Waals surface area contributed by atoms with Crippen molar-refractivity contribution in [1.29, 1.82) is 0 Å². The van der Waals surface area contributed by atoms with Gasteiger partial charge in [-0.15, -0.1) is 0 Å². The highest BCUT2D eigenvalue weighted by Crippen LogP contribution is 2.38. The van der Waals surface area contributed by atoms with Crippen molar-refractivity contribution < 1.29 is 76.1 Å². The number of sulfonamides is 1. The molecule has 2 bridgehead atoms. The molecule has 1 unspecified atom stereocenters. The number of ether oxygens (including phenoxy) is 6. The number of nitrogens with one attached hydrogen (secondary N) is 1. The topological polar surface area (TPSA) is 251 Å². The van der Waals surface area contributed by atoms with Crippen molar-refractivity contribution in [3.63, 3.8) is 0 Å². The van der Waals surface area contributed by atoms with Crippen LogP contribution >= 0.6 is 0 Å². The van der Waals surface area contributed by atoms with E-state index in [0.29, 0.717) is 69.1 Å². The molecule has 0 aromatic heterocycles. The maximum atomic E-state index is 14.5. The molecular weight excluding hydrogens is 977 g/mol. The number of fused-ring (bicyclic) bond motifs is 3. The van der Waals surface area contributed by atoms with Gasteiger partial charge in [0.1, 0.15) is 30.1 Å². The Morgan fingerprint density at radius 3 is 2.28 bits per heavy atom. The van der Waals surface area contributed by atoms with Crippen molar-refractivity contribution in [2.45, 2.75) is 180 Å². The van der Waals surface area contributed by atoms with Gasteiger partial charge in [0, 0.05) is 58.1 Å². The minimum absolute atomic E-state index is 0.00935. The van der Waals surface area contributed by atoms with Crippen LogP contribution in [0.3, 0.4) is 0 Å². The Kier molecular flexibility index (Phi) is 25.4. The van der Waals surface area contributed by atoms with E-state index in [0.717, 1.165) is 4.90 Å². The lowest BCUT2D eigenvalue weighted by Gasteiger charge is -2.43. The van der Waals surface area contributed by atoms with Gasteiger partial charge in [0.2, 0.25) is 15.8 Å². The summed E-state index contributed by atoms with van der Waals surface area (Å²) in [5.41, 5.74) is 0.940. The van der Waals surface area contributed by atoms with E-state index in [1.54, 1.807) is 66.0 Å². The van der Waals surface area contributed by atoms with E-state index in [1.165, 1.54) is 14.2 Å². The van der Waals surface area contributed by atoms with Gasteiger partial charge in [0.05, 0.1) is 43.9 Å². The molecule has 1 saturated carbocycles. The number of cyclic esters (lactones) is 1. The van der Waals surface area contributed by atoms with Crippen molar-refractivity contribution in [2.75, 3.05) is 53.4 Å². The Morgan fingerprint density at radius 2 is 1.59 bits per heavy atom. The predicted octanol–water partition coefficient (Wildman–Crippen LogP) is 5.12. The van der Waals surface area contributed by atoms with Gasteiger partial charge in [0.25, 0.3) is 11.7 Å². The smallest absolute Gasteiger partial charge is 0.329 e. The van der Waals surface area contributed by atoms with Crippen molar-refractivity contribution in [2.24, 2.45) is 35.5 Å². The number of rotatable bonds is 13. The number of Topliss-reactive ketones (excluding diaryl/α,β-unsaturated/α-hetero) is 3. The molecule has 0 radical (unpaired) electrons. The Morgan fingerprint density at radius 1 is 0.865 bits per heavy atom. The van der Waals surface area contributed by atoms with E-state index in [4.69, 9.17) is 28.4 Å². The van der Waals surface area contributed by atoms with Crippen molar-refractivity contribution in [1.82, 2.24) is 9.62 Å². The van der Waals surface area contributed by atoms with Crippen LogP contribution in [0.5, 0.6) is 0 Å². The summed E-state index contributed by atoms with van der Waals surface area (Å²) < 4.78 is 63.8. The molecule has 0 aromatic carbocycles. The molecule has 0 aromatic rings. The van der Waals surface area contributed by atoms with E-state index in [-0.39, 0.29) is 86.6 Å². The van der Waals surface area contributed by atoms with Crippen LogP contribution in [-0.2, 0) is 62.4 Å². The third kappa shape index (κ3) is 18.0. The molecule has 3 fully saturated rings. The lowest BCUT2D eigenvalue weighted by Crippen LogP contribution is -2.61. The molecule has 0 spiro atoms. The number of aliphatic hydroxyl groups excluding tert-OH is 2. The number of aliphatic hydroxyl groups is 3. The molecule has 19 heteroatoms. The van der Waals surface area contributed by atoms with Crippen LogP contribution < -0.4 is 4.72 Å². The summed E-state index contributed by atoms with van der Waals surface area (Å²) in [6, 6.07) is -2.10. The van der Waals surface area contributed by atoms with Gasteiger partial charge < -0.3 is 48.6 Å². The SMILES string of the molecule is COCCOCCS(=O)(=O)N[C@H]1C[C@@H]2CC[C@@H](C)[C@@](O)(O2)C(=O)C(=O)N2CCCC[C@H]2C(=O)O[C@H]([C@H](C)C[C@@H]2CC[C@@H](O)[C@H](OC)C2)CC(=O)[C@H](C)/C=C(\C)[C@@H](O)C(OC)C(=O)[C@H](C)C[C@H](C)/C=C/C=C/C=C/1C. The van der Waals surface area contributed by atoms with Crippen molar-refractivity contribution in [3.05, 3.63) is 47.6 Å². The molecule has 4 rings (SSSR count). The van der Waals surface area contributed by atoms with Crippen LogP contribution in [0.2, 0.25) is 0 Å². The zero-order valence-corrected chi connectivity index (χ0v) is 46.4. The predicted molar refractivity (Wildman–Crippen MR) is 278 cm³/mol. The summed E-state index contributed by atoms with van der Waals surface area (Å²) in [5.74, 6) is -9.29. The molecule has 3 aliphatic heterocycles. The molecular formula is C55H88N2O16S. The number of carbonyl (C=O) groups excluding carboxylic acids is 5. The summed E-state index contributed by atoms with van der Waals surface area (Å²) >= 11 is 0. The molecule has 1 amide bonds. The summed E-state index contributed by atoms with van der Waals surface area (Å²) in [5, 5.41) is 34.2. The third-order valence-electron chi connectivity index (χ3n) is 15.5. The first-order chi connectivity index (χ1) is 35.0. The summed E-state index contributed by atoms with van der Waals surface area (Å²) in [7, 11) is 0.458. The molecule has 3 heterocycles. The van der Waals surface area contributed by atoms with Crippen molar-refractivity contribution >= 4 is 39.2 Å². The fraction of sp³-hybridized carbons (Fsp3) is 0.764. The van der Waals surface area contributed by atoms with Gasteiger partial charge in [-0.2, -0.15) is 0 Å². The normalized spacial score (nSPS) is 37.2.